The van der Waals surface area contributed by atoms with Gasteiger partial charge in [-0.25, -0.2) is 0 Å². The molecule has 84 valence electrons. The first-order valence-corrected chi connectivity index (χ1v) is 5.74. The first kappa shape index (κ1) is 12.0. The maximum absolute atomic E-state index is 5.78. The van der Waals surface area contributed by atoms with Crippen molar-refractivity contribution in [2.45, 2.75) is 13.8 Å². The summed E-state index contributed by atoms with van der Waals surface area (Å²) in [6.07, 6.45) is 0. The molecule has 0 radical (unpaired) electrons. The minimum atomic E-state index is 0.665. The summed E-state index contributed by atoms with van der Waals surface area (Å²) < 4.78 is 0. The average molecular weight is 199 g/mol. The van der Waals surface area contributed by atoms with Crippen LogP contribution in [0.2, 0.25) is 0 Å². The number of hydrogen-bond acceptors (Lipinski definition) is 3. The van der Waals surface area contributed by atoms with Crippen molar-refractivity contribution in [2.75, 3.05) is 46.3 Å². The fourth-order valence-electron chi connectivity index (χ4n) is 1.92. The third-order valence-corrected chi connectivity index (χ3v) is 3.33. The highest BCUT2D eigenvalue weighted by molar-refractivity contribution is 4.74. The lowest BCUT2D eigenvalue weighted by atomic mass is 9.95. The van der Waals surface area contributed by atoms with Gasteiger partial charge in [0.2, 0.25) is 0 Å². The van der Waals surface area contributed by atoms with E-state index in [2.05, 4.69) is 30.7 Å². The molecule has 0 amide bonds. The van der Waals surface area contributed by atoms with Gasteiger partial charge in [0.1, 0.15) is 0 Å². The van der Waals surface area contributed by atoms with E-state index in [-0.39, 0.29) is 0 Å². The van der Waals surface area contributed by atoms with Gasteiger partial charge in [0.15, 0.2) is 0 Å². The van der Waals surface area contributed by atoms with Crippen molar-refractivity contribution in [1.82, 2.24) is 9.80 Å². The van der Waals surface area contributed by atoms with E-state index in [0.29, 0.717) is 11.8 Å². The molecular formula is C11H25N3. The Morgan fingerprint density at radius 2 is 1.71 bits per heavy atom. The molecule has 0 aromatic rings. The van der Waals surface area contributed by atoms with Gasteiger partial charge in [-0.1, -0.05) is 13.8 Å². The van der Waals surface area contributed by atoms with E-state index in [4.69, 9.17) is 5.73 Å². The smallest absolute Gasteiger partial charge is 0.0110 e. The Balaban J connectivity index is 2.29. The second-order valence-electron chi connectivity index (χ2n) is 4.84. The van der Waals surface area contributed by atoms with Gasteiger partial charge >= 0.3 is 0 Å². The van der Waals surface area contributed by atoms with Gasteiger partial charge in [-0.3, -0.25) is 0 Å². The van der Waals surface area contributed by atoms with Crippen LogP contribution in [-0.2, 0) is 0 Å². The van der Waals surface area contributed by atoms with Crippen LogP contribution >= 0.6 is 0 Å². The molecule has 0 bridgehead atoms. The second-order valence-corrected chi connectivity index (χ2v) is 4.84. The molecule has 3 nitrogen and oxygen atoms in total. The van der Waals surface area contributed by atoms with E-state index in [9.17, 15) is 0 Å². The van der Waals surface area contributed by atoms with Crippen LogP contribution in [0.25, 0.3) is 0 Å². The van der Waals surface area contributed by atoms with E-state index >= 15 is 0 Å². The molecule has 0 aromatic heterocycles. The molecule has 0 saturated carbocycles. The first-order chi connectivity index (χ1) is 6.63. The molecule has 0 aliphatic carbocycles. The van der Waals surface area contributed by atoms with E-state index in [1.165, 1.54) is 32.7 Å². The van der Waals surface area contributed by atoms with Crippen LogP contribution in [0, 0.1) is 11.8 Å². The molecule has 3 heteroatoms. The van der Waals surface area contributed by atoms with Crippen molar-refractivity contribution in [3.8, 4) is 0 Å². The predicted molar refractivity (Wildman–Crippen MR) is 61.3 cm³/mol. The quantitative estimate of drug-likeness (QED) is 0.714. The molecule has 2 N–H and O–H groups in total. The summed E-state index contributed by atoms with van der Waals surface area (Å²) in [6.45, 7) is 11.4. The third kappa shape index (κ3) is 3.56. The van der Waals surface area contributed by atoms with Gasteiger partial charge in [0, 0.05) is 32.7 Å². The van der Waals surface area contributed by atoms with Crippen LogP contribution in [0.3, 0.4) is 0 Å². The van der Waals surface area contributed by atoms with E-state index < -0.39 is 0 Å². The number of piperazine rings is 1. The molecule has 14 heavy (non-hydrogen) atoms. The highest BCUT2D eigenvalue weighted by atomic mass is 15.2. The highest BCUT2D eigenvalue weighted by Gasteiger charge is 2.19. The summed E-state index contributed by atoms with van der Waals surface area (Å²) in [5.74, 6) is 1.37. The van der Waals surface area contributed by atoms with Crippen molar-refractivity contribution in [2.24, 2.45) is 17.6 Å². The monoisotopic (exact) mass is 199 g/mol. The van der Waals surface area contributed by atoms with Crippen LogP contribution in [0.1, 0.15) is 13.8 Å². The van der Waals surface area contributed by atoms with Crippen molar-refractivity contribution in [3.63, 3.8) is 0 Å². The zero-order valence-electron chi connectivity index (χ0n) is 9.87. The summed E-state index contributed by atoms with van der Waals surface area (Å²) >= 11 is 0. The van der Waals surface area contributed by atoms with Crippen molar-refractivity contribution < 1.29 is 0 Å². The molecule has 1 aliphatic rings. The lowest BCUT2D eigenvalue weighted by Crippen LogP contribution is -2.47. The molecule has 1 fully saturated rings. The molecular weight excluding hydrogens is 174 g/mol. The summed E-state index contributed by atoms with van der Waals surface area (Å²) in [4.78, 5) is 4.95. The third-order valence-electron chi connectivity index (χ3n) is 3.33. The molecule has 1 rings (SSSR count). The summed E-state index contributed by atoms with van der Waals surface area (Å²) in [7, 11) is 2.19. The van der Waals surface area contributed by atoms with Crippen molar-refractivity contribution in [1.29, 1.82) is 0 Å². The standard InChI is InChI=1S/C11H25N3/c1-10(2)11(8-12)9-14-6-4-13(3)5-7-14/h10-11H,4-9,12H2,1-3H3. The zero-order chi connectivity index (χ0) is 10.6. The summed E-state index contributed by atoms with van der Waals surface area (Å²) in [5.41, 5.74) is 5.78. The Morgan fingerprint density at radius 3 is 2.14 bits per heavy atom. The fraction of sp³-hybridized carbons (Fsp3) is 1.00. The first-order valence-electron chi connectivity index (χ1n) is 5.74. The number of rotatable bonds is 4. The Morgan fingerprint density at radius 1 is 1.14 bits per heavy atom. The van der Waals surface area contributed by atoms with Crippen LogP contribution in [0.4, 0.5) is 0 Å². The van der Waals surface area contributed by atoms with Gasteiger partial charge in [-0.05, 0) is 25.4 Å². The zero-order valence-corrected chi connectivity index (χ0v) is 9.87. The van der Waals surface area contributed by atoms with Crippen LogP contribution in [0.5, 0.6) is 0 Å². The molecule has 1 aliphatic heterocycles. The topological polar surface area (TPSA) is 32.5 Å². The lowest BCUT2D eigenvalue weighted by molar-refractivity contribution is 0.126. The fourth-order valence-corrected chi connectivity index (χ4v) is 1.92. The molecule has 0 spiro atoms. The van der Waals surface area contributed by atoms with Gasteiger partial charge in [0.05, 0.1) is 0 Å². The Kier molecular flexibility index (Phi) is 4.85. The summed E-state index contributed by atoms with van der Waals surface area (Å²) in [6, 6.07) is 0. The number of likely N-dealkylation sites (N-methyl/N-ethyl adjacent to an activating group) is 1. The molecule has 1 heterocycles. The van der Waals surface area contributed by atoms with E-state index in [1.54, 1.807) is 0 Å². The van der Waals surface area contributed by atoms with Crippen LogP contribution in [-0.4, -0.2) is 56.1 Å². The number of nitrogens with zero attached hydrogens (tertiary/aromatic N) is 2. The van der Waals surface area contributed by atoms with E-state index in [0.717, 1.165) is 6.54 Å². The Labute approximate surface area is 88.2 Å². The maximum atomic E-state index is 5.78. The summed E-state index contributed by atoms with van der Waals surface area (Å²) in [5, 5.41) is 0. The minimum Gasteiger partial charge on any atom is -0.330 e. The Hall–Kier alpha value is -0.120. The van der Waals surface area contributed by atoms with Crippen molar-refractivity contribution >= 4 is 0 Å². The second kappa shape index (κ2) is 5.69. The molecule has 0 aromatic carbocycles. The van der Waals surface area contributed by atoms with Crippen molar-refractivity contribution in [3.05, 3.63) is 0 Å². The predicted octanol–water partition coefficient (Wildman–Crippen LogP) is 0.465. The Bertz CT molecular complexity index is 151. The maximum Gasteiger partial charge on any atom is 0.0110 e. The van der Waals surface area contributed by atoms with Gasteiger partial charge in [-0.2, -0.15) is 0 Å². The molecule has 1 atom stereocenters. The SMILES string of the molecule is CC(C)C(CN)CN1CCN(C)CC1. The average Bonchev–Trinajstić information content (AvgIpc) is 2.16. The van der Waals surface area contributed by atoms with E-state index in [1.807, 2.05) is 0 Å². The van der Waals surface area contributed by atoms with Crippen LogP contribution in [0.15, 0.2) is 0 Å². The lowest BCUT2D eigenvalue weighted by Gasteiger charge is -2.35. The van der Waals surface area contributed by atoms with Crippen LogP contribution < -0.4 is 5.73 Å². The molecule has 1 unspecified atom stereocenters. The minimum absolute atomic E-state index is 0.665. The number of nitrogens with two attached hydrogens (primary N) is 1. The number of hydrogen-bond donors (Lipinski definition) is 1. The van der Waals surface area contributed by atoms with Gasteiger partial charge < -0.3 is 15.5 Å². The molecule has 1 saturated heterocycles. The normalized spacial score (nSPS) is 22.9. The largest absolute Gasteiger partial charge is 0.330 e. The van der Waals surface area contributed by atoms with Gasteiger partial charge in [0.25, 0.3) is 0 Å². The van der Waals surface area contributed by atoms with Gasteiger partial charge in [-0.15, -0.1) is 0 Å². The highest BCUT2D eigenvalue weighted by Crippen LogP contribution is 2.12.